The molecule has 1 saturated heterocycles. The van der Waals surface area contributed by atoms with E-state index >= 15 is 0 Å². The third-order valence-electron chi connectivity index (χ3n) is 5.61. The molecule has 2 aromatic rings. The molecule has 0 bridgehead atoms. The fourth-order valence-corrected chi connectivity index (χ4v) is 3.62. The van der Waals surface area contributed by atoms with Crippen LogP contribution in [0.5, 0.6) is 5.75 Å². The number of carbonyl (C=O) groups is 2. The molecular formula is C22H21F2N5O4. The van der Waals surface area contributed by atoms with E-state index in [9.17, 15) is 23.6 Å². The summed E-state index contributed by atoms with van der Waals surface area (Å²) in [6, 6.07) is 8.23. The predicted octanol–water partition coefficient (Wildman–Crippen LogP) is 1.62. The number of amides is 2. The van der Waals surface area contributed by atoms with Gasteiger partial charge >= 0.3 is 0 Å². The minimum Gasteiger partial charge on any atom is -0.486 e. The number of piperidine rings is 1. The number of hydrogen-bond donors (Lipinski definition) is 2. The van der Waals surface area contributed by atoms with Gasteiger partial charge < -0.3 is 20.1 Å². The molecule has 2 amide bonds. The minimum atomic E-state index is -1.47. The second-order valence-electron chi connectivity index (χ2n) is 7.92. The van der Waals surface area contributed by atoms with Crippen LogP contribution in [-0.4, -0.2) is 69.9 Å². The highest BCUT2D eigenvalue weighted by Gasteiger charge is 2.43. The summed E-state index contributed by atoms with van der Waals surface area (Å²) in [4.78, 5) is 32.9. The van der Waals surface area contributed by atoms with E-state index in [0.717, 1.165) is 0 Å². The molecule has 1 aromatic heterocycles. The van der Waals surface area contributed by atoms with Crippen LogP contribution in [0, 0.1) is 17.2 Å². The van der Waals surface area contributed by atoms with E-state index in [4.69, 9.17) is 9.84 Å². The average Bonchev–Trinajstić information content (AvgIpc) is 3.57. The zero-order valence-electron chi connectivity index (χ0n) is 17.4. The van der Waals surface area contributed by atoms with Gasteiger partial charge in [0.1, 0.15) is 42.8 Å². The second-order valence-corrected chi connectivity index (χ2v) is 7.92. The van der Waals surface area contributed by atoms with E-state index < -0.39 is 42.8 Å². The summed E-state index contributed by atoms with van der Waals surface area (Å²) in [5.41, 5.74) is 1.14. The summed E-state index contributed by atoms with van der Waals surface area (Å²) in [6.07, 6.45) is -1.76. The molecule has 1 aliphatic heterocycles. The number of rotatable bonds is 6. The zero-order chi connectivity index (χ0) is 23.5. The van der Waals surface area contributed by atoms with Gasteiger partial charge in [0.15, 0.2) is 6.17 Å². The number of anilines is 1. The SMILES string of the molecule is N#Cc1cc(-c2cc(NC(=O)[C@@H]3C[C@H]3F)ncn2)ccc1O[C@H]1CCN(C(=O)CO)C[C@H]1F. The first-order valence-corrected chi connectivity index (χ1v) is 10.4. The van der Waals surface area contributed by atoms with Crippen LogP contribution in [0.2, 0.25) is 0 Å². The van der Waals surface area contributed by atoms with Gasteiger partial charge in [0.25, 0.3) is 0 Å². The highest BCUT2D eigenvalue weighted by Crippen LogP contribution is 2.35. The molecule has 4 atom stereocenters. The van der Waals surface area contributed by atoms with Gasteiger partial charge in [-0.3, -0.25) is 9.59 Å². The van der Waals surface area contributed by atoms with Gasteiger partial charge in [0.05, 0.1) is 23.7 Å². The van der Waals surface area contributed by atoms with Crippen molar-refractivity contribution in [3.05, 3.63) is 36.2 Å². The van der Waals surface area contributed by atoms with Gasteiger partial charge in [-0.05, 0) is 24.6 Å². The van der Waals surface area contributed by atoms with Crippen molar-refractivity contribution in [2.45, 2.75) is 31.3 Å². The van der Waals surface area contributed by atoms with Crippen LogP contribution in [0.1, 0.15) is 18.4 Å². The molecular weight excluding hydrogens is 436 g/mol. The number of halogens is 2. The molecule has 9 nitrogen and oxygen atoms in total. The van der Waals surface area contributed by atoms with Crippen LogP contribution in [0.3, 0.4) is 0 Å². The summed E-state index contributed by atoms with van der Waals surface area (Å²) in [6.45, 7) is -0.628. The fraction of sp³-hybridized carbons (Fsp3) is 0.409. The van der Waals surface area contributed by atoms with Crippen molar-refractivity contribution in [3.63, 3.8) is 0 Å². The number of nitriles is 1. The first kappa shape index (κ1) is 22.5. The lowest BCUT2D eigenvalue weighted by Gasteiger charge is -2.34. The molecule has 0 radical (unpaired) electrons. The summed E-state index contributed by atoms with van der Waals surface area (Å²) in [5.74, 6) is -1.23. The number of aliphatic hydroxyl groups is 1. The van der Waals surface area contributed by atoms with Crippen LogP contribution < -0.4 is 10.1 Å². The maximum Gasteiger partial charge on any atom is 0.248 e. The molecule has 2 aliphatic rings. The van der Waals surface area contributed by atoms with Gasteiger partial charge in [-0.2, -0.15) is 5.26 Å². The number of likely N-dealkylation sites (tertiary alicyclic amines) is 1. The van der Waals surface area contributed by atoms with Crippen molar-refractivity contribution in [2.75, 3.05) is 25.0 Å². The molecule has 1 aliphatic carbocycles. The van der Waals surface area contributed by atoms with Gasteiger partial charge in [0, 0.05) is 24.6 Å². The molecule has 33 heavy (non-hydrogen) atoms. The fourth-order valence-electron chi connectivity index (χ4n) is 3.62. The Morgan fingerprint density at radius 2 is 2.06 bits per heavy atom. The zero-order valence-corrected chi connectivity index (χ0v) is 17.4. The Hall–Kier alpha value is -3.65. The molecule has 2 heterocycles. The summed E-state index contributed by atoms with van der Waals surface area (Å²) < 4.78 is 33.3. The number of alkyl halides is 2. The molecule has 0 unspecified atom stereocenters. The van der Waals surface area contributed by atoms with E-state index in [1.54, 1.807) is 6.07 Å². The third-order valence-corrected chi connectivity index (χ3v) is 5.61. The first-order chi connectivity index (χ1) is 15.9. The van der Waals surface area contributed by atoms with E-state index in [1.165, 1.54) is 29.4 Å². The number of ether oxygens (including phenoxy) is 1. The Bertz CT molecular complexity index is 1110. The highest BCUT2D eigenvalue weighted by atomic mass is 19.1. The molecule has 11 heteroatoms. The standard InChI is InChI=1S/C22H21F2N5O4/c23-15-6-14(15)22(32)28-20-7-17(26-11-27-20)12-1-2-18(13(5-12)8-25)33-19-3-4-29(9-16(19)24)21(31)10-30/h1-2,5,7,11,14-16,19,30H,3-4,6,9-10H2,(H,26,27,28,32)/t14-,15-,16-,19+/m1/s1. The van der Waals surface area contributed by atoms with Gasteiger partial charge in [-0.15, -0.1) is 0 Å². The first-order valence-electron chi connectivity index (χ1n) is 10.4. The quantitative estimate of drug-likeness (QED) is 0.675. The van der Waals surface area contributed by atoms with Crippen LogP contribution in [0.25, 0.3) is 11.3 Å². The summed E-state index contributed by atoms with van der Waals surface area (Å²) in [7, 11) is 0. The van der Waals surface area contributed by atoms with E-state index in [0.29, 0.717) is 11.3 Å². The minimum absolute atomic E-state index is 0.163. The highest BCUT2D eigenvalue weighted by molar-refractivity contribution is 5.94. The van der Waals surface area contributed by atoms with Crippen molar-refractivity contribution in [3.8, 4) is 23.1 Å². The van der Waals surface area contributed by atoms with Gasteiger partial charge in [-0.1, -0.05) is 0 Å². The Labute approximate surface area is 188 Å². The number of hydrogen-bond acceptors (Lipinski definition) is 7. The predicted molar refractivity (Wildman–Crippen MR) is 111 cm³/mol. The normalized spacial score (nSPS) is 24.0. The third kappa shape index (κ3) is 5.06. The Morgan fingerprint density at radius 1 is 1.27 bits per heavy atom. The molecule has 0 spiro atoms. The van der Waals surface area contributed by atoms with Crippen molar-refractivity contribution >= 4 is 17.6 Å². The molecule has 1 aromatic carbocycles. The Kier molecular flexibility index (Phi) is 6.46. The van der Waals surface area contributed by atoms with Crippen molar-refractivity contribution in [1.29, 1.82) is 5.26 Å². The molecule has 1 saturated carbocycles. The Balaban J connectivity index is 1.46. The number of nitrogens with zero attached hydrogens (tertiary/aromatic N) is 4. The lowest BCUT2D eigenvalue weighted by atomic mass is 10.0. The smallest absolute Gasteiger partial charge is 0.248 e. The molecule has 2 fully saturated rings. The van der Waals surface area contributed by atoms with Crippen LogP contribution >= 0.6 is 0 Å². The lowest BCUT2D eigenvalue weighted by Crippen LogP contribution is -2.50. The Morgan fingerprint density at radius 3 is 2.73 bits per heavy atom. The largest absolute Gasteiger partial charge is 0.486 e. The summed E-state index contributed by atoms with van der Waals surface area (Å²) >= 11 is 0. The lowest BCUT2D eigenvalue weighted by molar-refractivity contribution is -0.138. The number of carbonyl (C=O) groups excluding carboxylic acids is 2. The summed E-state index contributed by atoms with van der Waals surface area (Å²) in [5, 5.41) is 21.1. The van der Waals surface area contributed by atoms with E-state index in [1.807, 2.05) is 6.07 Å². The molecule has 172 valence electrons. The monoisotopic (exact) mass is 457 g/mol. The molecule has 4 rings (SSSR count). The maximum atomic E-state index is 14.5. The van der Waals surface area contributed by atoms with Crippen LogP contribution in [0.15, 0.2) is 30.6 Å². The van der Waals surface area contributed by atoms with Crippen LogP contribution in [0.4, 0.5) is 14.6 Å². The van der Waals surface area contributed by atoms with E-state index in [-0.39, 0.29) is 43.1 Å². The van der Waals surface area contributed by atoms with E-state index in [2.05, 4.69) is 15.3 Å². The van der Waals surface area contributed by atoms with Crippen molar-refractivity contribution in [2.24, 2.45) is 5.92 Å². The second kappa shape index (κ2) is 9.46. The number of nitrogens with one attached hydrogen (secondary N) is 1. The molecule has 2 N–H and O–H groups in total. The number of aliphatic hydroxyl groups excluding tert-OH is 1. The number of aromatic nitrogens is 2. The van der Waals surface area contributed by atoms with Crippen LogP contribution in [-0.2, 0) is 9.59 Å². The van der Waals surface area contributed by atoms with Gasteiger partial charge in [0.2, 0.25) is 11.8 Å². The van der Waals surface area contributed by atoms with Crippen molar-refractivity contribution < 1.29 is 28.2 Å². The number of benzene rings is 1. The average molecular weight is 457 g/mol. The van der Waals surface area contributed by atoms with Gasteiger partial charge in [-0.25, -0.2) is 18.7 Å². The topological polar surface area (TPSA) is 128 Å². The maximum absolute atomic E-state index is 14.5. The van der Waals surface area contributed by atoms with Crippen molar-refractivity contribution in [1.82, 2.24) is 14.9 Å².